The van der Waals surface area contributed by atoms with Gasteiger partial charge in [0, 0.05) is 19.5 Å². The van der Waals surface area contributed by atoms with Crippen molar-refractivity contribution in [3.05, 3.63) is 41.1 Å². The number of hydrogen-bond donors (Lipinski definition) is 0. The summed E-state index contributed by atoms with van der Waals surface area (Å²) in [6.07, 6.45) is 1.32. The van der Waals surface area contributed by atoms with Crippen molar-refractivity contribution in [1.82, 2.24) is 9.88 Å². The van der Waals surface area contributed by atoms with E-state index in [0.717, 1.165) is 11.1 Å². The van der Waals surface area contributed by atoms with Gasteiger partial charge in [-0.25, -0.2) is 4.98 Å². The molecule has 0 radical (unpaired) electrons. The summed E-state index contributed by atoms with van der Waals surface area (Å²) in [5.74, 6) is 1.86. The van der Waals surface area contributed by atoms with Crippen molar-refractivity contribution >= 4 is 5.91 Å². The number of rotatable bonds is 6. The van der Waals surface area contributed by atoms with Crippen molar-refractivity contribution < 1.29 is 18.7 Å². The van der Waals surface area contributed by atoms with Crippen LogP contribution in [0.3, 0.4) is 0 Å². The average Bonchev–Trinajstić information content (AvgIpc) is 3.05. The Morgan fingerprint density at radius 2 is 1.88 bits per heavy atom. The summed E-state index contributed by atoms with van der Waals surface area (Å²) in [6.45, 7) is 6.35. The van der Waals surface area contributed by atoms with E-state index in [1.807, 2.05) is 32.9 Å². The van der Waals surface area contributed by atoms with Crippen molar-refractivity contribution in [2.24, 2.45) is 0 Å². The summed E-state index contributed by atoms with van der Waals surface area (Å²) in [7, 11) is 4.94. The molecule has 0 saturated heterocycles. The van der Waals surface area contributed by atoms with E-state index < -0.39 is 0 Å². The second-order valence-corrected chi connectivity index (χ2v) is 6.01. The fourth-order valence-corrected chi connectivity index (χ4v) is 2.53. The second kappa shape index (κ2) is 7.38. The van der Waals surface area contributed by atoms with E-state index in [2.05, 4.69) is 4.98 Å². The second-order valence-electron chi connectivity index (χ2n) is 6.01. The minimum Gasteiger partial charge on any atom is -0.493 e. The summed E-state index contributed by atoms with van der Waals surface area (Å²) < 4.78 is 16.0. The predicted octanol–water partition coefficient (Wildman–Crippen LogP) is 3.40. The van der Waals surface area contributed by atoms with Crippen LogP contribution in [0.1, 0.15) is 47.1 Å². The summed E-state index contributed by atoms with van der Waals surface area (Å²) in [4.78, 5) is 18.4. The van der Waals surface area contributed by atoms with Crippen LogP contribution in [0, 0.1) is 6.92 Å². The molecule has 0 atom stereocenters. The molecule has 6 nitrogen and oxygen atoms in total. The number of ether oxygens (including phenoxy) is 2. The first-order valence-electron chi connectivity index (χ1n) is 7.79. The summed E-state index contributed by atoms with van der Waals surface area (Å²) >= 11 is 0. The Morgan fingerprint density at radius 3 is 2.46 bits per heavy atom. The Morgan fingerprint density at radius 1 is 1.25 bits per heavy atom. The average molecular weight is 332 g/mol. The highest BCUT2D eigenvalue weighted by molar-refractivity contribution is 5.93. The molecule has 1 amide bonds. The third-order valence-electron chi connectivity index (χ3n) is 3.92. The van der Waals surface area contributed by atoms with Gasteiger partial charge in [0.2, 0.25) is 0 Å². The first-order chi connectivity index (χ1) is 11.4. The smallest absolute Gasteiger partial charge is 0.276 e. The first-order valence-corrected chi connectivity index (χ1v) is 7.79. The third-order valence-corrected chi connectivity index (χ3v) is 3.92. The SMILES string of the molecule is COc1cc(C)c(CN(C)C(=O)c2ncoc2C(C)C)cc1OC. The standard InChI is InChI=1S/C18H24N2O4/c1-11(2)17-16(19-10-24-17)18(21)20(4)9-13-8-15(23-6)14(22-5)7-12(13)3/h7-8,10-11H,9H2,1-6H3. The number of benzene rings is 1. The van der Waals surface area contributed by atoms with Crippen LogP contribution >= 0.6 is 0 Å². The van der Waals surface area contributed by atoms with Crippen molar-refractivity contribution in [1.29, 1.82) is 0 Å². The van der Waals surface area contributed by atoms with E-state index >= 15 is 0 Å². The van der Waals surface area contributed by atoms with E-state index in [9.17, 15) is 4.79 Å². The van der Waals surface area contributed by atoms with Crippen LogP contribution in [0.2, 0.25) is 0 Å². The molecule has 130 valence electrons. The Bertz CT molecular complexity index is 722. The number of carbonyl (C=O) groups excluding carboxylic acids is 1. The van der Waals surface area contributed by atoms with Crippen LogP contribution in [-0.2, 0) is 6.54 Å². The third kappa shape index (κ3) is 3.53. The van der Waals surface area contributed by atoms with Gasteiger partial charge in [-0.05, 0) is 30.2 Å². The highest BCUT2D eigenvalue weighted by Gasteiger charge is 2.23. The molecule has 0 unspecified atom stereocenters. The summed E-state index contributed by atoms with van der Waals surface area (Å²) in [6, 6.07) is 3.80. The fraction of sp³-hybridized carbons (Fsp3) is 0.444. The van der Waals surface area contributed by atoms with Crippen molar-refractivity contribution in [3.8, 4) is 11.5 Å². The Hall–Kier alpha value is -2.50. The zero-order chi connectivity index (χ0) is 17.9. The maximum Gasteiger partial charge on any atom is 0.276 e. The molecule has 0 saturated carbocycles. The van der Waals surface area contributed by atoms with Gasteiger partial charge in [-0.1, -0.05) is 13.8 Å². The van der Waals surface area contributed by atoms with Crippen LogP contribution in [0.5, 0.6) is 11.5 Å². The van der Waals surface area contributed by atoms with Gasteiger partial charge in [0.1, 0.15) is 5.76 Å². The van der Waals surface area contributed by atoms with Crippen LogP contribution in [0.4, 0.5) is 0 Å². The topological polar surface area (TPSA) is 64.8 Å². The Kier molecular flexibility index (Phi) is 5.49. The molecule has 0 aliphatic carbocycles. The lowest BCUT2D eigenvalue weighted by Crippen LogP contribution is -2.27. The number of oxazole rings is 1. The van der Waals surface area contributed by atoms with E-state index in [-0.39, 0.29) is 11.8 Å². The predicted molar refractivity (Wildman–Crippen MR) is 90.7 cm³/mol. The summed E-state index contributed by atoms with van der Waals surface area (Å²) in [5.41, 5.74) is 2.38. The zero-order valence-corrected chi connectivity index (χ0v) is 15.0. The monoisotopic (exact) mass is 332 g/mol. The lowest BCUT2D eigenvalue weighted by Gasteiger charge is -2.19. The van der Waals surface area contributed by atoms with E-state index in [1.54, 1.807) is 26.2 Å². The van der Waals surface area contributed by atoms with Gasteiger partial charge >= 0.3 is 0 Å². The molecule has 1 aromatic heterocycles. The maximum atomic E-state index is 12.7. The highest BCUT2D eigenvalue weighted by Crippen LogP contribution is 2.31. The van der Waals surface area contributed by atoms with E-state index in [4.69, 9.17) is 13.9 Å². The van der Waals surface area contributed by atoms with Gasteiger partial charge in [0.25, 0.3) is 5.91 Å². The molecule has 0 N–H and O–H groups in total. The minimum absolute atomic E-state index is 0.0997. The quantitative estimate of drug-likeness (QED) is 0.811. The largest absolute Gasteiger partial charge is 0.493 e. The van der Waals surface area contributed by atoms with Gasteiger partial charge < -0.3 is 18.8 Å². The number of carbonyl (C=O) groups is 1. The van der Waals surface area contributed by atoms with Crippen molar-refractivity contribution in [2.45, 2.75) is 33.2 Å². The molecule has 2 rings (SSSR count). The molecule has 24 heavy (non-hydrogen) atoms. The molecule has 0 spiro atoms. The van der Waals surface area contributed by atoms with Gasteiger partial charge in [-0.2, -0.15) is 0 Å². The molecule has 0 bridgehead atoms. The van der Waals surface area contributed by atoms with Gasteiger partial charge in [-0.15, -0.1) is 0 Å². The number of aryl methyl sites for hydroxylation is 1. The normalized spacial score (nSPS) is 10.8. The van der Waals surface area contributed by atoms with Crippen LogP contribution in [0.15, 0.2) is 22.9 Å². The number of nitrogens with zero attached hydrogens (tertiary/aromatic N) is 2. The van der Waals surface area contributed by atoms with Crippen LogP contribution in [-0.4, -0.2) is 37.1 Å². The molecule has 0 aliphatic rings. The van der Waals surface area contributed by atoms with E-state index in [0.29, 0.717) is 29.5 Å². The number of methoxy groups -OCH3 is 2. The van der Waals surface area contributed by atoms with Crippen LogP contribution in [0.25, 0.3) is 0 Å². The van der Waals surface area contributed by atoms with Crippen molar-refractivity contribution in [2.75, 3.05) is 21.3 Å². The molecular formula is C18H24N2O4. The summed E-state index contributed by atoms with van der Waals surface area (Å²) in [5, 5.41) is 0. The molecular weight excluding hydrogens is 308 g/mol. The van der Waals surface area contributed by atoms with Crippen molar-refractivity contribution in [3.63, 3.8) is 0 Å². The Balaban J connectivity index is 2.24. The fourth-order valence-electron chi connectivity index (χ4n) is 2.53. The molecule has 1 heterocycles. The molecule has 0 aliphatic heterocycles. The highest BCUT2D eigenvalue weighted by atomic mass is 16.5. The van der Waals surface area contributed by atoms with Gasteiger partial charge in [-0.3, -0.25) is 4.79 Å². The minimum atomic E-state index is -0.165. The lowest BCUT2D eigenvalue weighted by molar-refractivity contribution is 0.0777. The maximum absolute atomic E-state index is 12.7. The lowest BCUT2D eigenvalue weighted by atomic mass is 10.1. The van der Waals surface area contributed by atoms with Gasteiger partial charge in [0.15, 0.2) is 23.6 Å². The number of amides is 1. The van der Waals surface area contributed by atoms with E-state index in [1.165, 1.54) is 6.39 Å². The molecule has 0 fully saturated rings. The number of hydrogen-bond acceptors (Lipinski definition) is 5. The molecule has 1 aromatic carbocycles. The van der Waals surface area contributed by atoms with Gasteiger partial charge in [0.05, 0.1) is 14.2 Å². The first kappa shape index (κ1) is 17.8. The zero-order valence-electron chi connectivity index (χ0n) is 15.0. The Labute approximate surface area is 142 Å². The number of aromatic nitrogens is 1. The van der Waals surface area contributed by atoms with Crippen LogP contribution < -0.4 is 9.47 Å². The molecule has 6 heteroatoms. The molecule has 2 aromatic rings.